The van der Waals surface area contributed by atoms with Crippen LogP contribution < -0.4 is 10.9 Å². The predicted molar refractivity (Wildman–Crippen MR) is 66.9 cm³/mol. The molecule has 0 unspecified atom stereocenters. The molecule has 0 spiro atoms. The molecular weight excluding hydrogens is 200 g/mol. The molecule has 3 nitrogen and oxygen atoms in total. The van der Waals surface area contributed by atoms with Crippen LogP contribution in [0.2, 0.25) is 0 Å². The number of pyridine rings is 1. The van der Waals surface area contributed by atoms with Crippen LogP contribution in [0.15, 0.2) is 23.1 Å². The van der Waals surface area contributed by atoms with Crippen molar-refractivity contribution in [3.05, 3.63) is 28.7 Å². The summed E-state index contributed by atoms with van der Waals surface area (Å²) in [5.74, 6) is 0. The van der Waals surface area contributed by atoms with Crippen LogP contribution in [0.3, 0.4) is 0 Å². The summed E-state index contributed by atoms with van der Waals surface area (Å²) in [7, 11) is 0. The molecule has 1 aliphatic rings. The number of aryl methyl sites for hydroxylation is 1. The van der Waals surface area contributed by atoms with Crippen LogP contribution in [0.1, 0.15) is 39.0 Å². The molecule has 0 saturated heterocycles. The van der Waals surface area contributed by atoms with Crippen molar-refractivity contribution >= 4 is 5.69 Å². The van der Waals surface area contributed by atoms with Gasteiger partial charge in [-0.2, -0.15) is 0 Å². The van der Waals surface area contributed by atoms with Crippen LogP contribution in [-0.4, -0.2) is 10.6 Å². The molecule has 1 saturated carbocycles. The van der Waals surface area contributed by atoms with E-state index in [1.54, 1.807) is 10.6 Å². The highest BCUT2D eigenvalue weighted by Gasteiger charge is 2.12. The molecular formula is C13H20N2O. The van der Waals surface area contributed by atoms with Gasteiger partial charge in [-0.15, -0.1) is 0 Å². The normalized spacial score (nSPS) is 17.3. The molecule has 2 rings (SSSR count). The Labute approximate surface area is 96.5 Å². The second-order valence-electron chi connectivity index (χ2n) is 4.52. The van der Waals surface area contributed by atoms with Crippen molar-refractivity contribution in [2.75, 3.05) is 5.32 Å². The summed E-state index contributed by atoms with van der Waals surface area (Å²) >= 11 is 0. The van der Waals surface area contributed by atoms with Crippen LogP contribution in [-0.2, 0) is 6.54 Å². The van der Waals surface area contributed by atoms with E-state index in [1.165, 1.54) is 32.1 Å². The Morgan fingerprint density at radius 1 is 1.31 bits per heavy atom. The molecule has 0 bridgehead atoms. The largest absolute Gasteiger partial charge is 0.381 e. The summed E-state index contributed by atoms with van der Waals surface area (Å²) < 4.78 is 1.74. The van der Waals surface area contributed by atoms with Gasteiger partial charge < -0.3 is 9.88 Å². The van der Waals surface area contributed by atoms with E-state index in [0.717, 1.165) is 12.2 Å². The summed E-state index contributed by atoms with van der Waals surface area (Å²) in [4.78, 5) is 11.4. The minimum absolute atomic E-state index is 0.0803. The van der Waals surface area contributed by atoms with E-state index in [2.05, 4.69) is 5.32 Å². The molecule has 1 fully saturated rings. The van der Waals surface area contributed by atoms with E-state index in [1.807, 2.05) is 19.2 Å². The van der Waals surface area contributed by atoms with E-state index in [4.69, 9.17) is 0 Å². The Morgan fingerprint density at radius 3 is 2.75 bits per heavy atom. The fraction of sp³-hybridized carbons (Fsp3) is 0.615. The van der Waals surface area contributed by atoms with Crippen LogP contribution in [0, 0.1) is 0 Å². The topological polar surface area (TPSA) is 34.0 Å². The van der Waals surface area contributed by atoms with Crippen LogP contribution in [0.5, 0.6) is 0 Å². The molecule has 0 aromatic carbocycles. The lowest BCUT2D eigenvalue weighted by Gasteiger charge is -2.24. The number of hydrogen-bond acceptors (Lipinski definition) is 2. The van der Waals surface area contributed by atoms with Gasteiger partial charge in [0.05, 0.1) is 5.69 Å². The molecule has 1 aromatic heterocycles. The number of aromatic nitrogens is 1. The molecule has 88 valence electrons. The third-order valence-electron chi connectivity index (χ3n) is 3.30. The summed E-state index contributed by atoms with van der Waals surface area (Å²) in [5, 5.41) is 3.52. The van der Waals surface area contributed by atoms with Gasteiger partial charge in [-0.05, 0) is 25.8 Å². The first-order chi connectivity index (χ1) is 7.79. The molecule has 1 aliphatic carbocycles. The Morgan fingerprint density at radius 2 is 2.06 bits per heavy atom. The van der Waals surface area contributed by atoms with E-state index >= 15 is 0 Å². The summed E-state index contributed by atoms with van der Waals surface area (Å²) in [6.45, 7) is 2.73. The van der Waals surface area contributed by atoms with Crippen molar-refractivity contribution in [1.82, 2.24) is 4.57 Å². The summed E-state index contributed by atoms with van der Waals surface area (Å²) in [6.07, 6.45) is 8.45. The molecule has 0 aliphatic heterocycles. The van der Waals surface area contributed by atoms with Gasteiger partial charge in [0.2, 0.25) is 0 Å². The van der Waals surface area contributed by atoms with Crippen molar-refractivity contribution in [3.63, 3.8) is 0 Å². The molecule has 0 atom stereocenters. The molecule has 3 heteroatoms. The zero-order chi connectivity index (χ0) is 11.4. The maximum Gasteiger partial charge on any atom is 0.250 e. The smallest absolute Gasteiger partial charge is 0.250 e. The number of nitrogens with one attached hydrogen (secondary N) is 1. The number of nitrogens with zero attached hydrogens (tertiary/aromatic N) is 1. The average Bonchev–Trinajstić information content (AvgIpc) is 2.33. The molecule has 0 radical (unpaired) electrons. The van der Waals surface area contributed by atoms with Gasteiger partial charge in [-0.1, -0.05) is 19.3 Å². The summed E-state index contributed by atoms with van der Waals surface area (Å²) in [5.41, 5.74) is 1.16. The monoisotopic (exact) mass is 220 g/mol. The van der Waals surface area contributed by atoms with Crippen molar-refractivity contribution < 1.29 is 0 Å². The minimum atomic E-state index is 0.0803. The molecule has 1 aromatic rings. The van der Waals surface area contributed by atoms with E-state index in [9.17, 15) is 4.79 Å². The SMILES string of the molecule is CCn1cc(NC2CCCCC2)ccc1=O. The second kappa shape index (κ2) is 5.19. The first-order valence-corrected chi connectivity index (χ1v) is 6.26. The summed E-state index contributed by atoms with van der Waals surface area (Å²) in [6, 6.07) is 4.13. The highest BCUT2D eigenvalue weighted by molar-refractivity contribution is 5.41. The predicted octanol–water partition coefficient (Wildman–Crippen LogP) is 2.61. The highest BCUT2D eigenvalue weighted by atomic mass is 16.1. The van der Waals surface area contributed by atoms with Gasteiger partial charge in [0.1, 0.15) is 0 Å². The van der Waals surface area contributed by atoms with Gasteiger partial charge in [0.15, 0.2) is 0 Å². The molecule has 1 N–H and O–H groups in total. The Bertz CT molecular complexity index is 391. The standard InChI is InChI=1S/C13H20N2O/c1-2-15-10-12(8-9-13(15)16)14-11-6-4-3-5-7-11/h8-11,14H,2-7H2,1H3. The highest BCUT2D eigenvalue weighted by Crippen LogP contribution is 2.20. The van der Waals surface area contributed by atoms with Crippen LogP contribution in [0.25, 0.3) is 0 Å². The number of hydrogen-bond donors (Lipinski definition) is 1. The second-order valence-corrected chi connectivity index (χ2v) is 4.52. The van der Waals surface area contributed by atoms with Gasteiger partial charge in [-0.25, -0.2) is 0 Å². The number of anilines is 1. The van der Waals surface area contributed by atoms with Gasteiger partial charge in [-0.3, -0.25) is 4.79 Å². The van der Waals surface area contributed by atoms with E-state index in [-0.39, 0.29) is 5.56 Å². The first-order valence-electron chi connectivity index (χ1n) is 6.26. The van der Waals surface area contributed by atoms with Gasteiger partial charge >= 0.3 is 0 Å². The number of rotatable bonds is 3. The Kier molecular flexibility index (Phi) is 3.65. The lowest BCUT2D eigenvalue weighted by Crippen LogP contribution is -2.24. The van der Waals surface area contributed by atoms with Gasteiger partial charge in [0, 0.05) is 24.8 Å². The lowest BCUT2D eigenvalue weighted by atomic mass is 9.95. The fourth-order valence-electron chi connectivity index (χ4n) is 2.35. The van der Waals surface area contributed by atoms with Crippen molar-refractivity contribution in [2.24, 2.45) is 0 Å². The molecule has 1 heterocycles. The van der Waals surface area contributed by atoms with Crippen molar-refractivity contribution in [2.45, 2.75) is 51.6 Å². The van der Waals surface area contributed by atoms with E-state index in [0.29, 0.717) is 6.04 Å². The fourth-order valence-corrected chi connectivity index (χ4v) is 2.35. The maximum absolute atomic E-state index is 11.4. The Hall–Kier alpha value is -1.25. The average molecular weight is 220 g/mol. The zero-order valence-corrected chi connectivity index (χ0v) is 9.91. The molecule has 16 heavy (non-hydrogen) atoms. The lowest BCUT2D eigenvalue weighted by molar-refractivity contribution is 0.462. The quantitative estimate of drug-likeness (QED) is 0.849. The zero-order valence-electron chi connectivity index (χ0n) is 9.91. The first kappa shape index (κ1) is 11.2. The third kappa shape index (κ3) is 2.65. The van der Waals surface area contributed by atoms with Crippen LogP contribution in [0.4, 0.5) is 5.69 Å². The van der Waals surface area contributed by atoms with Crippen molar-refractivity contribution in [3.8, 4) is 0 Å². The third-order valence-corrected chi connectivity index (χ3v) is 3.30. The van der Waals surface area contributed by atoms with Crippen LogP contribution >= 0.6 is 0 Å². The minimum Gasteiger partial charge on any atom is -0.381 e. The van der Waals surface area contributed by atoms with E-state index < -0.39 is 0 Å². The maximum atomic E-state index is 11.4. The van der Waals surface area contributed by atoms with Crippen molar-refractivity contribution in [1.29, 1.82) is 0 Å². The van der Waals surface area contributed by atoms with Gasteiger partial charge in [0.25, 0.3) is 5.56 Å². The Balaban J connectivity index is 2.06. The molecule has 0 amide bonds.